The third kappa shape index (κ3) is 10.3. The van der Waals surface area contributed by atoms with E-state index in [4.69, 9.17) is 42.4 Å². The van der Waals surface area contributed by atoms with Crippen LogP contribution in [-0.4, -0.2) is 25.2 Å². The van der Waals surface area contributed by atoms with Crippen LogP contribution < -0.4 is 4.74 Å². The Kier molecular flexibility index (Phi) is 10.2. The number of rotatable bonds is 12. The molecular formula is C21H22Cl3FO3Si. The summed E-state index contributed by atoms with van der Waals surface area (Å²) < 4.78 is 23.7. The van der Waals surface area contributed by atoms with Crippen LogP contribution in [0.15, 0.2) is 54.6 Å². The van der Waals surface area contributed by atoms with Crippen LogP contribution in [0, 0.1) is 5.82 Å². The molecule has 0 bridgehead atoms. The summed E-state index contributed by atoms with van der Waals surface area (Å²) >= 11 is 16.9. The molecule has 2 aromatic rings. The van der Waals surface area contributed by atoms with Crippen molar-refractivity contribution in [2.24, 2.45) is 0 Å². The molecule has 0 heterocycles. The Hall–Kier alpha value is -1.37. The zero-order chi connectivity index (χ0) is 21.1. The number of benzene rings is 2. The van der Waals surface area contributed by atoms with Crippen LogP contribution in [0.4, 0.5) is 4.39 Å². The number of ketones is 1. The Labute approximate surface area is 185 Å². The first kappa shape index (κ1) is 23.9. The second kappa shape index (κ2) is 12.4. The normalized spacial score (nSPS) is 11.7. The molecule has 2 aromatic carbocycles. The minimum absolute atomic E-state index is 0.124. The molecule has 0 atom stereocenters. The highest BCUT2D eigenvalue weighted by atomic mass is 35.8. The van der Waals surface area contributed by atoms with Gasteiger partial charge in [-0.2, -0.15) is 0 Å². The summed E-state index contributed by atoms with van der Waals surface area (Å²) in [7, 11) is 0. The molecule has 2 rings (SSSR count). The van der Waals surface area contributed by atoms with Crippen molar-refractivity contribution in [3.05, 3.63) is 71.6 Å². The first-order valence-corrected chi connectivity index (χ1v) is 14.2. The molecule has 0 saturated heterocycles. The van der Waals surface area contributed by atoms with Crippen molar-refractivity contribution in [3.8, 4) is 5.75 Å². The van der Waals surface area contributed by atoms with E-state index in [0.717, 1.165) is 37.0 Å². The lowest BCUT2D eigenvalue weighted by Crippen LogP contribution is -2.16. The van der Waals surface area contributed by atoms with E-state index in [1.807, 2.05) is 0 Å². The lowest BCUT2D eigenvalue weighted by Gasteiger charge is -2.09. The quantitative estimate of drug-likeness (QED) is 0.111. The Bertz CT molecular complexity index is 790. The summed E-state index contributed by atoms with van der Waals surface area (Å²) in [4.78, 5) is 12.2. The van der Waals surface area contributed by atoms with E-state index >= 15 is 0 Å². The minimum atomic E-state index is -2.96. The SMILES string of the molecule is O=C(C=Cc1ccc(F)cc1)c1ccc(OCCCCCCO[Si](Cl)(Cl)Cl)cc1. The molecule has 3 nitrogen and oxygen atoms in total. The summed E-state index contributed by atoms with van der Waals surface area (Å²) in [5.41, 5.74) is 1.33. The molecule has 0 spiro atoms. The topological polar surface area (TPSA) is 35.5 Å². The highest BCUT2D eigenvalue weighted by Gasteiger charge is 2.26. The van der Waals surface area contributed by atoms with Gasteiger partial charge in [-0.25, -0.2) is 4.39 Å². The standard InChI is InChI=1S/C21H22Cl3FO3Si/c22-29(23,24)28-16-4-2-1-3-15-27-20-12-8-18(9-13-20)21(26)14-7-17-5-10-19(25)11-6-17/h5-14H,1-4,15-16H2. The van der Waals surface area contributed by atoms with E-state index < -0.39 is 6.25 Å². The maximum Gasteiger partial charge on any atom is 0.493 e. The molecule has 0 N–H and O–H groups in total. The molecule has 0 fully saturated rings. The molecule has 156 valence electrons. The molecule has 0 saturated carbocycles. The number of hydrogen-bond acceptors (Lipinski definition) is 3. The van der Waals surface area contributed by atoms with Crippen molar-refractivity contribution >= 4 is 51.3 Å². The molecule has 0 unspecified atom stereocenters. The second-order valence-electron chi connectivity index (χ2n) is 6.33. The molecule has 8 heteroatoms. The largest absolute Gasteiger partial charge is 0.494 e. The number of carbonyl (C=O) groups is 1. The van der Waals surface area contributed by atoms with Crippen molar-refractivity contribution in [3.63, 3.8) is 0 Å². The minimum Gasteiger partial charge on any atom is -0.494 e. The van der Waals surface area contributed by atoms with E-state index in [2.05, 4.69) is 0 Å². The van der Waals surface area contributed by atoms with Gasteiger partial charge in [0.15, 0.2) is 5.78 Å². The van der Waals surface area contributed by atoms with Gasteiger partial charge >= 0.3 is 6.25 Å². The Morgan fingerprint density at radius 2 is 1.52 bits per heavy atom. The van der Waals surface area contributed by atoms with E-state index in [9.17, 15) is 9.18 Å². The van der Waals surface area contributed by atoms with Gasteiger partial charge in [0.1, 0.15) is 11.6 Å². The smallest absolute Gasteiger partial charge is 0.493 e. The maximum absolute atomic E-state index is 12.9. The van der Waals surface area contributed by atoms with Gasteiger partial charge in [-0.05, 0) is 67.3 Å². The van der Waals surface area contributed by atoms with E-state index in [-0.39, 0.29) is 11.6 Å². The molecule has 0 radical (unpaired) electrons. The number of allylic oxidation sites excluding steroid dienone is 1. The number of unbranched alkanes of at least 4 members (excludes halogenated alkanes) is 3. The highest BCUT2D eigenvalue weighted by molar-refractivity contribution is 7.62. The third-order valence-corrected chi connectivity index (χ3v) is 5.52. The van der Waals surface area contributed by atoms with Crippen LogP contribution >= 0.6 is 33.2 Å². The van der Waals surface area contributed by atoms with Crippen LogP contribution in [0.1, 0.15) is 41.6 Å². The first-order chi connectivity index (χ1) is 13.8. The lowest BCUT2D eigenvalue weighted by molar-refractivity contribution is 0.104. The number of ether oxygens (including phenoxy) is 1. The number of carbonyl (C=O) groups excluding carboxylic acids is 1. The lowest BCUT2D eigenvalue weighted by atomic mass is 10.1. The molecule has 0 aromatic heterocycles. The molecule has 0 amide bonds. The third-order valence-electron chi connectivity index (χ3n) is 4.01. The molecule has 0 aliphatic rings. The molecule has 0 aliphatic heterocycles. The molecular weight excluding hydrogens is 454 g/mol. The fourth-order valence-corrected chi connectivity index (χ4v) is 3.56. The van der Waals surface area contributed by atoms with Crippen molar-refractivity contribution in [2.45, 2.75) is 25.7 Å². The van der Waals surface area contributed by atoms with Crippen LogP contribution in [0.2, 0.25) is 0 Å². The van der Waals surface area contributed by atoms with Crippen molar-refractivity contribution in [2.75, 3.05) is 13.2 Å². The van der Waals surface area contributed by atoms with E-state index in [1.165, 1.54) is 18.2 Å². The highest BCUT2D eigenvalue weighted by Crippen LogP contribution is 2.21. The summed E-state index contributed by atoms with van der Waals surface area (Å²) in [5, 5.41) is 0. The maximum atomic E-state index is 12.9. The Balaban J connectivity index is 1.66. The van der Waals surface area contributed by atoms with Gasteiger partial charge in [0, 0.05) is 12.2 Å². The summed E-state index contributed by atoms with van der Waals surface area (Å²) in [5.74, 6) is 0.287. The molecule has 29 heavy (non-hydrogen) atoms. The molecule has 0 aliphatic carbocycles. The predicted molar refractivity (Wildman–Crippen MR) is 119 cm³/mol. The predicted octanol–water partition coefficient (Wildman–Crippen LogP) is 6.83. The second-order valence-corrected chi connectivity index (χ2v) is 14.0. The fraction of sp³-hybridized carbons (Fsp3) is 0.286. The van der Waals surface area contributed by atoms with Gasteiger partial charge in [-0.3, -0.25) is 4.79 Å². The van der Waals surface area contributed by atoms with Gasteiger partial charge in [0.25, 0.3) is 0 Å². The van der Waals surface area contributed by atoms with Crippen molar-refractivity contribution in [1.29, 1.82) is 0 Å². The van der Waals surface area contributed by atoms with Crippen LogP contribution in [0.3, 0.4) is 0 Å². The number of hydrogen-bond donors (Lipinski definition) is 0. The van der Waals surface area contributed by atoms with E-state index in [0.29, 0.717) is 18.8 Å². The Morgan fingerprint density at radius 3 is 2.14 bits per heavy atom. The van der Waals surface area contributed by atoms with Gasteiger partial charge in [0.05, 0.1) is 6.61 Å². The van der Waals surface area contributed by atoms with Gasteiger partial charge in [0.2, 0.25) is 0 Å². The summed E-state index contributed by atoms with van der Waals surface area (Å²) in [6.45, 7) is 1.06. The first-order valence-electron chi connectivity index (χ1n) is 9.25. The summed E-state index contributed by atoms with van der Waals surface area (Å²) in [6, 6.07) is 13.0. The van der Waals surface area contributed by atoms with Gasteiger partial charge in [-0.15, -0.1) is 0 Å². The monoisotopic (exact) mass is 474 g/mol. The average Bonchev–Trinajstić information content (AvgIpc) is 2.69. The van der Waals surface area contributed by atoms with E-state index in [1.54, 1.807) is 42.5 Å². The van der Waals surface area contributed by atoms with Crippen LogP contribution in [0.25, 0.3) is 6.08 Å². The van der Waals surface area contributed by atoms with Crippen molar-refractivity contribution in [1.82, 2.24) is 0 Å². The number of halogens is 4. The fourth-order valence-electron chi connectivity index (χ4n) is 2.49. The zero-order valence-corrected chi connectivity index (χ0v) is 19.0. The van der Waals surface area contributed by atoms with Gasteiger partial charge in [-0.1, -0.05) is 57.9 Å². The zero-order valence-electron chi connectivity index (χ0n) is 15.8. The van der Waals surface area contributed by atoms with Crippen LogP contribution in [0.5, 0.6) is 5.75 Å². The van der Waals surface area contributed by atoms with Crippen molar-refractivity contribution < 1.29 is 18.3 Å². The average molecular weight is 476 g/mol. The van der Waals surface area contributed by atoms with Gasteiger partial charge < -0.3 is 9.16 Å². The van der Waals surface area contributed by atoms with Crippen LogP contribution in [-0.2, 0) is 4.43 Å². The summed E-state index contributed by atoms with van der Waals surface area (Å²) in [6.07, 6.45) is 3.90. The Morgan fingerprint density at radius 1 is 0.897 bits per heavy atom.